The van der Waals surface area contributed by atoms with Crippen molar-refractivity contribution in [3.05, 3.63) is 119 Å². The summed E-state index contributed by atoms with van der Waals surface area (Å²) in [5, 5.41) is 5.86. The van der Waals surface area contributed by atoms with E-state index in [9.17, 15) is 9.59 Å². The van der Waals surface area contributed by atoms with Crippen LogP contribution in [0.15, 0.2) is 97.1 Å². The number of amides is 2. The third-order valence-corrected chi connectivity index (χ3v) is 6.47. The molecular formula is C35H38N2O6. The SMILES string of the molecule is CCOCCOc1ccc(C(=O)Nc2ccc(Cc3ccc(NC(=O)c4ccc(OCCOCC)cc4)cc3)cc2)cc1. The van der Waals surface area contributed by atoms with Gasteiger partial charge in [-0.3, -0.25) is 9.59 Å². The lowest BCUT2D eigenvalue weighted by atomic mass is 10.0. The van der Waals surface area contributed by atoms with E-state index in [2.05, 4.69) is 10.6 Å². The maximum atomic E-state index is 12.7. The molecule has 224 valence electrons. The van der Waals surface area contributed by atoms with Gasteiger partial charge in [-0.2, -0.15) is 0 Å². The van der Waals surface area contributed by atoms with Crippen LogP contribution >= 0.6 is 0 Å². The lowest BCUT2D eigenvalue weighted by Crippen LogP contribution is -2.12. The number of ether oxygens (including phenoxy) is 4. The third kappa shape index (κ3) is 10.3. The number of anilines is 2. The van der Waals surface area contributed by atoms with Crippen molar-refractivity contribution in [1.82, 2.24) is 0 Å². The largest absolute Gasteiger partial charge is 0.491 e. The lowest BCUT2D eigenvalue weighted by molar-refractivity contribution is 0.101. The van der Waals surface area contributed by atoms with Crippen LogP contribution in [0.3, 0.4) is 0 Å². The van der Waals surface area contributed by atoms with Crippen LogP contribution in [0, 0.1) is 0 Å². The van der Waals surface area contributed by atoms with Gasteiger partial charge in [0.2, 0.25) is 0 Å². The standard InChI is InChI=1S/C35H38N2O6/c1-3-40-21-23-42-32-17-9-28(10-18-32)34(38)36-30-13-5-26(6-14-30)25-27-7-15-31(16-8-27)37-35(39)29-11-19-33(20-12-29)43-24-22-41-4-2/h5-20H,3-4,21-25H2,1-2H3,(H,36,38)(H,37,39). The minimum atomic E-state index is -0.187. The first kappa shape index (κ1) is 31.3. The van der Waals surface area contributed by atoms with Gasteiger partial charge in [0.15, 0.2) is 0 Å². The van der Waals surface area contributed by atoms with Gasteiger partial charge in [-0.05, 0) is 104 Å². The Hall–Kier alpha value is -4.66. The van der Waals surface area contributed by atoms with Crippen molar-refractivity contribution in [2.24, 2.45) is 0 Å². The maximum Gasteiger partial charge on any atom is 0.255 e. The highest BCUT2D eigenvalue weighted by Crippen LogP contribution is 2.19. The fourth-order valence-electron chi connectivity index (χ4n) is 4.18. The predicted octanol–water partition coefficient (Wildman–Crippen LogP) is 6.61. The molecule has 43 heavy (non-hydrogen) atoms. The van der Waals surface area contributed by atoms with Crippen LogP contribution in [0.25, 0.3) is 0 Å². The van der Waals surface area contributed by atoms with Crippen molar-refractivity contribution < 1.29 is 28.5 Å². The molecule has 2 N–H and O–H groups in total. The van der Waals surface area contributed by atoms with Crippen molar-refractivity contribution in [2.45, 2.75) is 20.3 Å². The van der Waals surface area contributed by atoms with Crippen molar-refractivity contribution in [3.63, 3.8) is 0 Å². The molecule has 0 heterocycles. The zero-order chi connectivity index (χ0) is 30.3. The van der Waals surface area contributed by atoms with Crippen LogP contribution in [-0.2, 0) is 15.9 Å². The van der Waals surface area contributed by atoms with Gasteiger partial charge in [0.1, 0.15) is 24.7 Å². The highest BCUT2D eigenvalue weighted by molar-refractivity contribution is 6.05. The molecule has 0 saturated carbocycles. The first-order chi connectivity index (χ1) is 21.0. The number of hydrogen-bond donors (Lipinski definition) is 2. The average molecular weight is 583 g/mol. The summed E-state index contributed by atoms with van der Waals surface area (Å²) in [6, 6.07) is 29.6. The topological polar surface area (TPSA) is 95.1 Å². The summed E-state index contributed by atoms with van der Waals surface area (Å²) in [5.74, 6) is 1.02. The summed E-state index contributed by atoms with van der Waals surface area (Å²) < 4.78 is 21.7. The zero-order valence-electron chi connectivity index (χ0n) is 24.6. The molecule has 8 nitrogen and oxygen atoms in total. The predicted molar refractivity (Wildman–Crippen MR) is 168 cm³/mol. The van der Waals surface area contributed by atoms with Crippen LogP contribution < -0.4 is 20.1 Å². The Kier molecular flexibility index (Phi) is 12.1. The average Bonchev–Trinajstić information content (AvgIpc) is 3.04. The Bertz CT molecular complexity index is 1310. The fraction of sp³-hybridized carbons (Fsp3) is 0.257. The second kappa shape index (κ2) is 16.7. The molecule has 0 aliphatic carbocycles. The first-order valence-electron chi connectivity index (χ1n) is 14.5. The molecule has 0 fully saturated rings. The van der Waals surface area contributed by atoms with Gasteiger partial charge >= 0.3 is 0 Å². The van der Waals surface area contributed by atoms with Crippen LogP contribution in [0.4, 0.5) is 11.4 Å². The number of benzene rings is 4. The molecule has 2 amide bonds. The molecule has 4 aromatic carbocycles. The third-order valence-electron chi connectivity index (χ3n) is 6.47. The molecule has 0 spiro atoms. The number of nitrogens with one attached hydrogen (secondary N) is 2. The highest BCUT2D eigenvalue weighted by Gasteiger charge is 2.09. The normalized spacial score (nSPS) is 10.7. The molecule has 0 saturated heterocycles. The van der Waals surface area contributed by atoms with Gasteiger partial charge in [-0.25, -0.2) is 0 Å². The van der Waals surface area contributed by atoms with Gasteiger partial charge in [0.25, 0.3) is 11.8 Å². The van der Waals surface area contributed by atoms with E-state index in [0.29, 0.717) is 73.6 Å². The Balaban J connectivity index is 1.23. The summed E-state index contributed by atoms with van der Waals surface area (Å²) in [6.07, 6.45) is 0.720. The Morgan fingerprint density at radius 2 is 0.884 bits per heavy atom. The summed E-state index contributed by atoms with van der Waals surface area (Å²) in [7, 11) is 0. The second-order valence-electron chi connectivity index (χ2n) is 9.62. The van der Waals surface area contributed by atoms with E-state index in [4.69, 9.17) is 18.9 Å². The molecular weight excluding hydrogens is 544 g/mol. The molecule has 0 aliphatic heterocycles. The van der Waals surface area contributed by atoms with Gasteiger partial charge in [0, 0.05) is 35.7 Å². The van der Waals surface area contributed by atoms with Crippen molar-refractivity contribution in [2.75, 3.05) is 50.3 Å². The highest BCUT2D eigenvalue weighted by atomic mass is 16.5. The van der Waals surface area contributed by atoms with Gasteiger partial charge in [-0.15, -0.1) is 0 Å². The smallest absolute Gasteiger partial charge is 0.255 e. The molecule has 0 atom stereocenters. The van der Waals surface area contributed by atoms with Crippen molar-refractivity contribution >= 4 is 23.2 Å². The molecule has 0 bridgehead atoms. The van der Waals surface area contributed by atoms with E-state index in [1.807, 2.05) is 62.4 Å². The summed E-state index contributed by atoms with van der Waals surface area (Å²) >= 11 is 0. The zero-order valence-corrected chi connectivity index (χ0v) is 24.6. The molecule has 0 aliphatic rings. The van der Waals surface area contributed by atoms with Crippen LogP contribution in [-0.4, -0.2) is 51.5 Å². The minimum Gasteiger partial charge on any atom is -0.491 e. The van der Waals surface area contributed by atoms with Crippen LogP contribution in [0.5, 0.6) is 11.5 Å². The quantitative estimate of drug-likeness (QED) is 0.144. The number of carbonyl (C=O) groups is 2. The number of rotatable bonds is 16. The monoisotopic (exact) mass is 582 g/mol. The van der Waals surface area contributed by atoms with E-state index in [1.54, 1.807) is 48.5 Å². The number of hydrogen-bond acceptors (Lipinski definition) is 6. The summed E-state index contributed by atoms with van der Waals surface area (Å²) in [4.78, 5) is 25.3. The molecule has 0 unspecified atom stereocenters. The summed E-state index contributed by atoms with van der Waals surface area (Å²) in [6.45, 7) is 7.18. The second-order valence-corrected chi connectivity index (χ2v) is 9.62. The van der Waals surface area contributed by atoms with E-state index < -0.39 is 0 Å². The van der Waals surface area contributed by atoms with E-state index in [0.717, 1.165) is 17.5 Å². The van der Waals surface area contributed by atoms with Gasteiger partial charge in [0.05, 0.1) is 13.2 Å². The first-order valence-corrected chi connectivity index (χ1v) is 14.5. The summed E-state index contributed by atoms with van der Waals surface area (Å²) in [5.41, 5.74) is 4.74. The van der Waals surface area contributed by atoms with Gasteiger partial charge in [-0.1, -0.05) is 24.3 Å². The Morgan fingerprint density at radius 3 is 1.23 bits per heavy atom. The van der Waals surface area contributed by atoms with Crippen molar-refractivity contribution in [1.29, 1.82) is 0 Å². The Morgan fingerprint density at radius 1 is 0.512 bits per heavy atom. The van der Waals surface area contributed by atoms with E-state index >= 15 is 0 Å². The van der Waals surface area contributed by atoms with Gasteiger partial charge < -0.3 is 29.6 Å². The van der Waals surface area contributed by atoms with Crippen molar-refractivity contribution in [3.8, 4) is 11.5 Å². The number of carbonyl (C=O) groups excluding carboxylic acids is 2. The molecule has 4 aromatic rings. The minimum absolute atomic E-state index is 0.187. The lowest BCUT2D eigenvalue weighted by Gasteiger charge is -2.10. The maximum absolute atomic E-state index is 12.7. The van der Waals surface area contributed by atoms with E-state index in [-0.39, 0.29) is 11.8 Å². The Labute approximate surface area is 252 Å². The fourth-order valence-corrected chi connectivity index (χ4v) is 4.18. The molecule has 0 radical (unpaired) electrons. The molecule has 0 aromatic heterocycles. The van der Waals surface area contributed by atoms with Crippen LogP contribution in [0.1, 0.15) is 45.7 Å². The van der Waals surface area contributed by atoms with E-state index in [1.165, 1.54) is 0 Å². The van der Waals surface area contributed by atoms with Crippen LogP contribution in [0.2, 0.25) is 0 Å². The molecule has 8 heteroatoms. The molecule has 4 rings (SSSR count).